The Morgan fingerprint density at radius 3 is 2.26 bits per heavy atom. The van der Waals surface area contributed by atoms with Crippen LogP contribution >= 0.6 is 23.2 Å². The molecule has 0 bridgehead atoms. The van der Waals surface area contributed by atoms with E-state index in [4.69, 9.17) is 28.9 Å². The topological polar surface area (TPSA) is 63.4 Å². The maximum absolute atomic E-state index is 11.2. The molecule has 0 aliphatic heterocycles. The van der Waals surface area contributed by atoms with Crippen molar-refractivity contribution in [2.75, 3.05) is 32.1 Å². The van der Waals surface area contributed by atoms with E-state index in [1.54, 1.807) is 18.2 Å². The average molecular weight is 325 g/mol. The van der Waals surface area contributed by atoms with E-state index in [9.17, 15) is 8.42 Å². The fraction of sp³-hybridized carbons (Fsp3) is 0.500. The van der Waals surface area contributed by atoms with Crippen molar-refractivity contribution in [1.29, 1.82) is 0 Å². The highest BCUT2D eigenvalue weighted by Crippen LogP contribution is 2.32. The van der Waals surface area contributed by atoms with Crippen LogP contribution in [-0.4, -0.2) is 45.5 Å². The van der Waals surface area contributed by atoms with Crippen LogP contribution in [0.5, 0.6) is 0 Å². The number of likely N-dealkylation sites (N-methyl/N-ethyl adjacent to an activating group) is 1. The Bertz CT molecular complexity index is 514. The molecule has 19 heavy (non-hydrogen) atoms. The van der Waals surface area contributed by atoms with E-state index in [2.05, 4.69) is 0 Å². The third-order valence-electron chi connectivity index (χ3n) is 2.90. The lowest BCUT2D eigenvalue weighted by Crippen LogP contribution is -2.34. The van der Waals surface area contributed by atoms with Crippen molar-refractivity contribution < 1.29 is 8.42 Å². The fourth-order valence-electron chi connectivity index (χ4n) is 1.81. The molecular formula is C12H18Cl2N2O2S. The molecule has 0 heterocycles. The van der Waals surface area contributed by atoms with Crippen molar-refractivity contribution in [1.82, 2.24) is 4.90 Å². The van der Waals surface area contributed by atoms with E-state index >= 15 is 0 Å². The zero-order chi connectivity index (χ0) is 14.6. The van der Waals surface area contributed by atoms with Gasteiger partial charge in [-0.15, -0.1) is 0 Å². The lowest BCUT2D eigenvalue weighted by Gasteiger charge is -2.28. The quantitative estimate of drug-likeness (QED) is 0.868. The molecule has 4 nitrogen and oxygen atoms in total. The number of benzene rings is 1. The highest BCUT2D eigenvalue weighted by Gasteiger charge is 2.21. The zero-order valence-electron chi connectivity index (χ0n) is 10.9. The third kappa shape index (κ3) is 4.93. The van der Waals surface area contributed by atoms with Gasteiger partial charge in [-0.25, -0.2) is 8.42 Å². The van der Waals surface area contributed by atoms with Gasteiger partial charge in [-0.2, -0.15) is 0 Å². The third-order valence-corrected chi connectivity index (χ3v) is 4.49. The van der Waals surface area contributed by atoms with Crippen LogP contribution in [-0.2, 0) is 9.84 Å². The summed E-state index contributed by atoms with van der Waals surface area (Å²) in [6, 6.07) is 5.05. The molecule has 0 radical (unpaired) electrons. The van der Waals surface area contributed by atoms with Crippen LogP contribution in [0.25, 0.3) is 0 Å². The Hall–Kier alpha value is -0.330. The molecule has 0 amide bonds. The fourth-order valence-corrected chi connectivity index (χ4v) is 3.08. The van der Waals surface area contributed by atoms with Crippen LogP contribution in [0.4, 0.5) is 0 Å². The summed E-state index contributed by atoms with van der Waals surface area (Å²) in [7, 11) is -1.20. The summed E-state index contributed by atoms with van der Waals surface area (Å²) in [6.45, 7) is 0.686. The maximum Gasteiger partial charge on any atom is 0.148 e. The monoisotopic (exact) mass is 324 g/mol. The molecule has 1 atom stereocenters. The first-order valence-corrected chi connectivity index (χ1v) is 8.60. The molecule has 0 saturated heterocycles. The molecule has 0 aromatic heterocycles. The summed E-state index contributed by atoms with van der Waals surface area (Å²) in [5.41, 5.74) is 6.51. The normalized spacial score (nSPS) is 13.8. The second-order valence-electron chi connectivity index (χ2n) is 4.50. The summed E-state index contributed by atoms with van der Waals surface area (Å²) in [4.78, 5) is 1.86. The number of rotatable bonds is 6. The Kier molecular flexibility index (Phi) is 6.08. The molecule has 2 N–H and O–H groups in total. The largest absolute Gasteiger partial charge is 0.329 e. The van der Waals surface area contributed by atoms with Gasteiger partial charge in [0.1, 0.15) is 9.84 Å². The Balaban J connectivity index is 2.94. The molecule has 1 rings (SSSR count). The minimum Gasteiger partial charge on any atom is -0.329 e. The molecule has 108 valence electrons. The van der Waals surface area contributed by atoms with Crippen molar-refractivity contribution >= 4 is 33.0 Å². The minimum atomic E-state index is -3.01. The van der Waals surface area contributed by atoms with Gasteiger partial charge in [0.05, 0.1) is 5.75 Å². The number of sulfone groups is 1. The van der Waals surface area contributed by atoms with Gasteiger partial charge in [-0.05, 0) is 19.2 Å². The average Bonchev–Trinajstić information content (AvgIpc) is 2.30. The molecule has 7 heteroatoms. The second kappa shape index (κ2) is 6.90. The van der Waals surface area contributed by atoms with Gasteiger partial charge in [0, 0.05) is 41.0 Å². The molecule has 0 aliphatic rings. The molecule has 0 aliphatic carbocycles. The van der Waals surface area contributed by atoms with Gasteiger partial charge in [-0.1, -0.05) is 29.3 Å². The number of hydrogen-bond acceptors (Lipinski definition) is 4. The van der Waals surface area contributed by atoms with Crippen molar-refractivity contribution in [3.63, 3.8) is 0 Å². The number of nitrogens with two attached hydrogens (primary N) is 1. The lowest BCUT2D eigenvalue weighted by atomic mass is 10.1. The van der Waals surface area contributed by atoms with Crippen molar-refractivity contribution in [2.45, 2.75) is 6.04 Å². The Labute approximate surface area is 124 Å². The Morgan fingerprint density at radius 2 is 1.84 bits per heavy atom. The van der Waals surface area contributed by atoms with Gasteiger partial charge in [0.2, 0.25) is 0 Å². The SMILES string of the molecule is CN(CCS(C)(=O)=O)C(CN)c1c(Cl)cccc1Cl. The molecule has 0 saturated carbocycles. The van der Waals surface area contributed by atoms with E-state index < -0.39 is 9.84 Å². The molecule has 1 unspecified atom stereocenters. The molecule has 1 aromatic rings. The molecule has 0 fully saturated rings. The van der Waals surface area contributed by atoms with Crippen LogP contribution in [0, 0.1) is 0 Å². The van der Waals surface area contributed by atoms with Crippen LogP contribution in [0.1, 0.15) is 11.6 Å². The van der Waals surface area contributed by atoms with E-state index in [1.807, 2.05) is 11.9 Å². The summed E-state index contributed by atoms with van der Waals surface area (Å²) in [5.74, 6) is 0.0715. The minimum absolute atomic E-state index is 0.0715. The highest BCUT2D eigenvalue weighted by atomic mass is 35.5. The van der Waals surface area contributed by atoms with E-state index in [-0.39, 0.29) is 11.8 Å². The smallest absolute Gasteiger partial charge is 0.148 e. The van der Waals surface area contributed by atoms with Crippen molar-refractivity contribution in [2.24, 2.45) is 5.73 Å². The predicted molar refractivity (Wildman–Crippen MR) is 80.6 cm³/mol. The summed E-state index contributed by atoms with van der Waals surface area (Å²) < 4.78 is 22.4. The number of halogens is 2. The van der Waals surface area contributed by atoms with Gasteiger partial charge >= 0.3 is 0 Å². The van der Waals surface area contributed by atoms with Gasteiger partial charge in [0.15, 0.2) is 0 Å². The first-order chi connectivity index (χ1) is 8.76. The zero-order valence-corrected chi connectivity index (χ0v) is 13.3. The van der Waals surface area contributed by atoms with Crippen molar-refractivity contribution in [3.05, 3.63) is 33.8 Å². The highest BCUT2D eigenvalue weighted by molar-refractivity contribution is 7.90. The molecular weight excluding hydrogens is 307 g/mol. The van der Waals surface area contributed by atoms with Gasteiger partial charge < -0.3 is 5.73 Å². The standard InChI is InChI=1S/C12H18Cl2N2O2S/c1-16(6-7-19(2,17)18)11(8-15)12-9(13)4-3-5-10(12)14/h3-5,11H,6-8,15H2,1-2H3. The van der Waals surface area contributed by atoms with Crippen LogP contribution in [0.15, 0.2) is 18.2 Å². The summed E-state index contributed by atoms with van der Waals surface area (Å²) in [5, 5.41) is 1.07. The predicted octanol–water partition coefficient (Wildman–Crippen LogP) is 1.97. The lowest BCUT2D eigenvalue weighted by molar-refractivity contribution is 0.264. The molecule has 1 aromatic carbocycles. The van der Waals surface area contributed by atoms with Crippen LogP contribution in [0.2, 0.25) is 10.0 Å². The van der Waals surface area contributed by atoms with E-state index in [1.165, 1.54) is 6.26 Å². The maximum atomic E-state index is 11.2. The van der Waals surface area contributed by atoms with Crippen LogP contribution < -0.4 is 5.73 Å². The number of nitrogens with zero attached hydrogens (tertiary/aromatic N) is 1. The second-order valence-corrected chi connectivity index (χ2v) is 7.57. The van der Waals surface area contributed by atoms with Crippen molar-refractivity contribution in [3.8, 4) is 0 Å². The summed E-state index contributed by atoms with van der Waals surface area (Å²) in [6.07, 6.45) is 1.21. The Morgan fingerprint density at radius 1 is 1.32 bits per heavy atom. The summed E-state index contributed by atoms with van der Waals surface area (Å²) >= 11 is 12.3. The van der Waals surface area contributed by atoms with Gasteiger partial charge in [-0.3, -0.25) is 4.90 Å². The molecule has 0 spiro atoms. The van der Waals surface area contributed by atoms with E-state index in [0.717, 1.165) is 5.56 Å². The van der Waals surface area contributed by atoms with Crippen LogP contribution in [0.3, 0.4) is 0 Å². The first kappa shape index (κ1) is 16.7. The van der Waals surface area contributed by atoms with E-state index in [0.29, 0.717) is 23.1 Å². The van der Waals surface area contributed by atoms with Gasteiger partial charge in [0.25, 0.3) is 0 Å². The first-order valence-electron chi connectivity index (χ1n) is 5.78. The number of hydrogen-bond donors (Lipinski definition) is 1.